The molecule has 1 aliphatic rings. The third kappa shape index (κ3) is 2.75. The second-order valence-electron chi connectivity index (χ2n) is 3.67. The lowest BCUT2D eigenvalue weighted by Gasteiger charge is -2.11. The largest absolute Gasteiger partial charge is 0.381 e. The number of carbonyl (C=O) groups is 1. The van der Waals surface area contributed by atoms with Crippen LogP contribution in [0.15, 0.2) is 22.7 Å². The quantitative estimate of drug-likeness (QED) is 0.912. The molecule has 0 radical (unpaired) electrons. The zero-order chi connectivity index (χ0) is 11.5. The Morgan fingerprint density at radius 2 is 2.38 bits per heavy atom. The van der Waals surface area contributed by atoms with Crippen LogP contribution in [0.4, 0.5) is 5.69 Å². The first kappa shape index (κ1) is 11.9. The summed E-state index contributed by atoms with van der Waals surface area (Å²) in [6.45, 7) is 1.17. The summed E-state index contributed by atoms with van der Waals surface area (Å²) in [4.78, 5) is 11.8. The fourth-order valence-corrected chi connectivity index (χ4v) is 2.09. The van der Waals surface area contributed by atoms with E-state index < -0.39 is 0 Å². The third-order valence-corrected chi connectivity index (χ3v) is 3.41. The molecule has 2 rings (SSSR count). The second kappa shape index (κ2) is 5.17. The summed E-state index contributed by atoms with van der Waals surface area (Å²) < 4.78 is 5.99. The number of ether oxygens (including phenoxy) is 1. The van der Waals surface area contributed by atoms with Gasteiger partial charge in [-0.2, -0.15) is 0 Å². The van der Waals surface area contributed by atoms with Crippen molar-refractivity contribution >= 4 is 39.1 Å². The Kier molecular flexibility index (Phi) is 3.84. The standard InChI is InChI=1S/C11H11BrClNO2/c12-9-2-1-8(13)5-10(9)14-11(15)7-3-4-16-6-7/h1-2,5,7H,3-4,6H2,(H,14,15). The predicted molar refractivity (Wildman–Crippen MR) is 66.7 cm³/mol. The second-order valence-corrected chi connectivity index (χ2v) is 4.96. The first-order valence-electron chi connectivity index (χ1n) is 5.00. The van der Waals surface area contributed by atoms with Crippen molar-refractivity contribution in [1.82, 2.24) is 0 Å². The van der Waals surface area contributed by atoms with Crippen LogP contribution in [0.2, 0.25) is 5.02 Å². The van der Waals surface area contributed by atoms with Gasteiger partial charge in [0.2, 0.25) is 5.91 Å². The predicted octanol–water partition coefficient (Wildman–Crippen LogP) is 3.08. The van der Waals surface area contributed by atoms with Gasteiger partial charge in [-0.25, -0.2) is 0 Å². The molecule has 1 saturated heterocycles. The van der Waals surface area contributed by atoms with Gasteiger partial charge in [-0.1, -0.05) is 11.6 Å². The van der Waals surface area contributed by atoms with Crippen molar-refractivity contribution < 1.29 is 9.53 Å². The van der Waals surface area contributed by atoms with Crippen molar-refractivity contribution in [3.8, 4) is 0 Å². The Labute approximate surface area is 107 Å². The third-order valence-electron chi connectivity index (χ3n) is 2.49. The number of nitrogens with one attached hydrogen (secondary N) is 1. The van der Waals surface area contributed by atoms with Crippen molar-refractivity contribution in [2.24, 2.45) is 5.92 Å². The van der Waals surface area contributed by atoms with Gasteiger partial charge in [-0.3, -0.25) is 4.79 Å². The molecule has 1 fully saturated rings. The van der Waals surface area contributed by atoms with Crippen LogP contribution in [0.3, 0.4) is 0 Å². The van der Waals surface area contributed by atoms with Crippen LogP contribution in [0.1, 0.15) is 6.42 Å². The summed E-state index contributed by atoms with van der Waals surface area (Å²) >= 11 is 9.23. The molecule has 0 aliphatic carbocycles. The molecule has 1 aromatic rings. The molecule has 1 atom stereocenters. The topological polar surface area (TPSA) is 38.3 Å². The highest BCUT2D eigenvalue weighted by atomic mass is 79.9. The maximum Gasteiger partial charge on any atom is 0.229 e. The van der Waals surface area contributed by atoms with Crippen molar-refractivity contribution in [3.05, 3.63) is 27.7 Å². The number of amides is 1. The Morgan fingerprint density at radius 3 is 3.06 bits per heavy atom. The maximum absolute atomic E-state index is 11.8. The van der Waals surface area contributed by atoms with Crippen LogP contribution in [-0.2, 0) is 9.53 Å². The number of carbonyl (C=O) groups excluding carboxylic acids is 1. The summed E-state index contributed by atoms with van der Waals surface area (Å²) in [5.74, 6) is -0.0636. The van der Waals surface area contributed by atoms with Gasteiger partial charge in [0.1, 0.15) is 0 Å². The average Bonchev–Trinajstić information content (AvgIpc) is 2.76. The summed E-state index contributed by atoms with van der Waals surface area (Å²) in [7, 11) is 0. The lowest BCUT2D eigenvalue weighted by Crippen LogP contribution is -2.22. The van der Waals surface area contributed by atoms with E-state index in [0.29, 0.717) is 23.9 Å². The molecule has 3 nitrogen and oxygen atoms in total. The molecule has 86 valence electrons. The lowest BCUT2D eigenvalue weighted by atomic mass is 10.1. The van der Waals surface area contributed by atoms with Crippen molar-refractivity contribution in [3.63, 3.8) is 0 Å². The van der Waals surface area contributed by atoms with Gasteiger partial charge < -0.3 is 10.1 Å². The van der Waals surface area contributed by atoms with E-state index in [9.17, 15) is 4.79 Å². The zero-order valence-electron chi connectivity index (χ0n) is 8.50. The summed E-state index contributed by atoms with van der Waals surface area (Å²) in [6.07, 6.45) is 0.782. The highest BCUT2D eigenvalue weighted by molar-refractivity contribution is 9.10. The zero-order valence-corrected chi connectivity index (χ0v) is 10.8. The van der Waals surface area contributed by atoms with E-state index in [1.165, 1.54) is 0 Å². The van der Waals surface area contributed by atoms with E-state index in [-0.39, 0.29) is 11.8 Å². The minimum absolute atomic E-state index is 0.0135. The Balaban J connectivity index is 2.07. The number of halogens is 2. The molecule has 5 heteroatoms. The molecule has 1 N–H and O–H groups in total. The van der Waals surface area contributed by atoms with Gasteiger partial charge in [0, 0.05) is 16.1 Å². The minimum Gasteiger partial charge on any atom is -0.381 e. The Bertz CT molecular complexity index is 405. The Hall–Kier alpha value is -0.580. The van der Waals surface area contributed by atoms with Gasteiger partial charge in [0.05, 0.1) is 18.2 Å². The average molecular weight is 305 g/mol. The number of hydrogen-bond acceptors (Lipinski definition) is 2. The molecule has 1 unspecified atom stereocenters. The number of anilines is 1. The van der Waals surface area contributed by atoms with E-state index in [4.69, 9.17) is 16.3 Å². The maximum atomic E-state index is 11.8. The van der Waals surface area contributed by atoms with Crippen LogP contribution < -0.4 is 5.32 Å². The van der Waals surface area contributed by atoms with E-state index >= 15 is 0 Å². The van der Waals surface area contributed by atoms with Crippen LogP contribution in [0, 0.1) is 5.92 Å². The highest BCUT2D eigenvalue weighted by Gasteiger charge is 2.23. The molecule has 1 aliphatic heterocycles. The van der Waals surface area contributed by atoms with Gasteiger partial charge >= 0.3 is 0 Å². The monoisotopic (exact) mass is 303 g/mol. The molecule has 1 heterocycles. The lowest BCUT2D eigenvalue weighted by molar-refractivity contribution is -0.119. The van der Waals surface area contributed by atoms with Crippen LogP contribution in [-0.4, -0.2) is 19.1 Å². The van der Waals surface area contributed by atoms with E-state index in [2.05, 4.69) is 21.2 Å². The van der Waals surface area contributed by atoms with Gasteiger partial charge in [-0.15, -0.1) is 0 Å². The minimum atomic E-state index is -0.0501. The molecular weight excluding hydrogens is 293 g/mol. The molecule has 1 aromatic carbocycles. The summed E-state index contributed by atoms with van der Waals surface area (Å²) in [5.41, 5.74) is 0.699. The molecule has 16 heavy (non-hydrogen) atoms. The molecule has 0 spiro atoms. The molecule has 1 amide bonds. The molecular formula is C11H11BrClNO2. The fourth-order valence-electron chi connectivity index (χ4n) is 1.57. The van der Waals surface area contributed by atoms with Gasteiger partial charge in [-0.05, 0) is 40.5 Å². The summed E-state index contributed by atoms with van der Waals surface area (Å²) in [5, 5.41) is 3.44. The van der Waals surface area contributed by atoms with E-state index in [0.717, 1.165) is 10.9 Å². The van der Waals surface area contributed by atoms with E-state index in [1.807, 2.05) is 6.07 Å². The smallest absolute Gasteiger partial charge is 0.229 e. The fraction of sp³-hybridized carbons (Fsp3) is 0.364. The normalized spacial score (nSPS) is 19.8. The Morgan fingerprint density at radius 1 is 1.56 bits per heavy atom. The van der Waals surface area contributed by atoms with Gasteiger partial charge in [0.15, 0.2) is 0 Å². The number of rotatable bonds is 2. The first-order chi connectivity index (χ1) is 7.66. The van der Waals surface area contributed by atoms with Crippen LogP contribution in [0.25, 0.3) is 0 Å². The van der Waals surface area contributed by atoms with Gasteiger partial charge in [0.25, 0.3) is 0 Å². The number of hydrogen-bond donors (Lipinski definition) is 1. The van der Waals surface area contributed by atoms with Crippen molar-refractivity contribution in [2.75, 3.05) is 18.5 Å². The van der Waals surface area contributed by atoms with Crippen LogP contribution >= 0.6 is 27.5 Å². The van der Waals surface area contributed by atoms with Crippen LogP contribution in [0.5, 0.6) is 0 Å². The molecule has 0 bridgehead atoms. The van der Waals surface area contributed by atoms with Crippen molar-refractivity contribution in [2.45, 2.75) is 6.42 Å². The SMILES string of the molecule is O=C(Nc1cc(Cl)ccc1Br)C1CCOC1. The first-order valence-corrected chi connectivity index (χ1v) is 6.17. The van der Waals surface area contributed by atoms with Crippen molar-refractivity contribution in [1.29, 1.82) is 0 Å². The molecule has 0 saturated carbocycles. The summed E-state index contributed by atoms with van der Waals surface area (Å²) in [6, 6.07) is 5.29. The molecule has 0 aromatic heterocycles. The van der Waals surface area contributed by atoms with E-state index in [1.54, 1.807) is 12.1 Å². The number of benzene rings is 1. The highest BCUT2D eigenvalue weighted by Crippen LogP contribution is 2.27.